The van der Waals surface area contributed by atoms with Crippen LogP contribution in [0, 0.1) is 0 Å². The summed E-state index contributed by atoms with van der Waals surface area (Å²) in [5, 5.41) is 0.556. The molecule has 2 aliphatic carbocycles. The second kappa shape index (κ2) is 11.1. The lowest BCUT2D eigenvalue weighted by Crippen LogP contribution is -2.41. The van der Waals surface area contributed by atoms with Gasteiger partial charge in [-0.1, -0.05) is 25.3 Å². The number of fused-ring (bicyclic) bond motifs is 5. The summed E-state index contributed by atoms with van der Waals surface area (Å²) in [6.45, 7) is 2.42. The Bertz CT molecular complexity index is 1740. The van der Waals surface area contributed by atoms with Crippen molar-refractivity contribution in [2.75, 3.05) is 33.4 Å². The van der Waals surface area contributed by atoms with E-state index in [1.54, 1.807) is 19.2 Å². The summed E-state index contributed by atoms with van der Waals surface area (Å²) in [5.41, 5.74) is 6.00. The molecule has 1 aromatic heterocycles. The summed E-state index contributed by atoms with van der Waals surface area (Å²) >= 11 is 0. The standard InChI is InChI=1S/C33H37N3O6S/c1-41-25-8-12-27-23(18-25)17-24(33(38)35-13-15-42-16-14-35)20-36-29-19-22(32(37)34-43(39,40)26-9-10-26)7-11-28(29)30(31(27)36)21-5-3-2-4-6-21/h7-8,11-12,17-19,21,26H,2-6,9-10,13-16,20H2,1H3,(H,34,37). The maximum Gasteiger partial charge on any atom is 0.264 e. The number of hydrogen-bond donors (Lipinski definition) is 1. The van der Waals surface area contributed by atoms with E-state index in [1.165, 1.54) is 12.0 Å². The van der Waals surface area contributed by atoms with Gasteiger partial charge < -0.3 is 18.9 Å². The highest BCUT2D eigenvalue weighted by Gasteiger charge is 2.37. The number of nitrogens with one attached hydrogen (secondary N) is 1. The van der Waals surface area contributed by atoms with Gasteiger partial charge in [-0.3, -0.25) is 9.59 Å². The highest BCUT2D eigenvalue weighted by molar-refractivity contribution is 7.91. The first-order chi connectivity index (χ1) is 20.8. The molecule has 2 saturated carbocycles. The zero-order valence-corrected chi connectivity index (χ0v) is 25.3. The number of methoxy groups -OCH3 is 1. The quantitative estimate of drug-likeness (QED) is 0.432. The van der Waals surface area contributed by atoms with Gasteiger partial charge in [-0.25, -0.2) is 13.1 Å². The molecule has 3 fully saturated rings. The fraction of sp³-hybridized carbons (Fsp3) is 0.455. The third-order valence-electron chi connectivity index (χ3n) is 9.32. The summed E-state index contributed by atoms with van der Waals surface area (Å²) in [6, 6.07) is 11.5. The number of aromatic nitrogens is 1. The molecule has 1 N–H and O–H groups in total. The number of amides is 2. The van der Waals surface area contributed by atoms with Crippen molar-refractivity contribution in [1.82, 2.24) is 14.2 Å². The number of morpholine rings is 1. The van der Waals surface area contributed by atoms with Crippen molar-refractivity contribution >= 4 is 38.8 Å². The fourth-order valence-corrected chi connectivity index (χ4v) is 8.23. The molecule has 3 heterocycles. The van der Waals surface area contributed by atoms with Crippen LogP contribution in [0.4, 0.5) is 0 Å². The summed E-state index contributed by atoms with van der Waals surface area (Å²) in [5.74, 6) is 0.402. The molecule has 0 radical (unpaired) electrons. The number of benzene rings is 2. The predicted molar refractivity (Wildman–Crippen MR) is 165 cm³/mol. The molecule has 1 saturated heterocycles. The first-order valence-corrected chi connectivity index (χ1v) is 16.9. The normalized spacial score (nSPS) is 19.3. The van der Waals surface area contributed by atoms with Gasteiger partial charge in [-0.2, -0.15) is 0 Å². The monoisotopic (exact) mass is 603 g/mol. The van der Waals surface area contributed by atoms with Gasteiger partial charge in [0.1, 0.15) is 5.75 Å². The van der Waals surface area contributed by atoms with Gasteiger partial charge in [0.25, 0.3) is 11.8 Å². The molecule has 0 bridgehead atoms. The SMILES string of the molecule is COc1ccc2c(c1)C=C(C(=O)N1CCOCC1)Cn1c-2c(C2CCCCC2)c2ccc(C(=O)NS(=O)(=O)C3CC3)cc21. The lowest BCUT2D eigenvalue weighted by molar-refractivity contribution is -0.131. The number of carbonyl (C=O) groups excluding carboxylic acids is 2. The van der Waals surface area contributed by atoms with Gasteiger partial charge in [-0.05, 0) is 79.1 Å². The van der Waals surface area contributed by atoms with Gasteiger partial charge in [0.15, 0.2) is 0 Å². The van der Waals surface area contributed by atoms with Crippen LogP contribution < -0.4 is 9.46 Å². The Kier molecular flexibility index (Phi) is 7.29. The molecule has 4 aliphatic rings. The topological polar surface area (TPSA) is 107 Å². The van der Waals surface area contributed by atoms with Crippen molar-refractivity contribution < 1.29 is 27.5 Å². The summed E-state index contributed by atoms with van der Waals surface area (Å²) in [7, 11) is -2.05. The van der Waals surface area contributed by atoms with Crippen LogP contribution in [0.1, 0.15) is 72.3 Å². The van der Waals surface area contributed by atoms with Crippen LogP contribution in [0.5, 0.6) is 5.75 Å². The smallest absolute Gasteiger partial charge is 0.264 e. The minimum Gasteiger partial charge on any atom is -0.497 e. The largest absolute Gasteiger partial charge is 0.497 e. The average molecular weight is 604 g/mol. The Balaban J connectivity index is 1.41. The number of nitrogens with zero attached hydrogens (tertiary/aromatic N) is 2. The zero-order valence-electron chi connectivity index (χ0n) is 24.4. The molecule has 2 aliphatic heterocycles. The molecule has 0 atom stereocenters. The maximum atomic E-state index is 14.0. The minimum atomic E-state index is -3.69. The Morgan fingerprint density at radius 3 is 2.47 bits per heavy atom. The second-order valence-electron chi connectivity index (χ2n) is 12.1. The molecule has 226 valence electrons. The average Bonchev–Trinajstić information content (AvgIpc) is 3.87. The van der Waals surface area contributed by atoms with E-state index in [0.717, 1.165) is 53.4 Å². The summed E-state index contributed by atoms with van der Waals surface area (Å²) < 4.78 is 40.7. The van der Waals surface area contributed by atoms with Crippen LogP contribution in [0.3, 0.4) is 0 Å². The van der Waals surface area contributed by atoms with Crippen LogP contribution in [0.2, 0.25) is 0 Å². The van der Waals surface area contributed by atoms with Crippen molar-refractivity contribution in [2.24, 2.45) is 0 Å². The van der Waals surface area contributed by atoms with Gasteiger partial charge in [0, 0.05) is 40.7 Å². The minimum absolute atomic E-state index is 0.0320. The van der Waals surface area contributed by atoms with Crippen molar-refractivity contribution in [1.29, 1.82) is 0 Å². The highest BCUT2D eigenvalue weighted by atomic mass is 32.2. The lowest BCUT2D eigenvalue weighted by Gasteiger charge is -2.28. The molecule has 0 spiro atoms. The van der Waals surface area contributed by atoms with Crippen molar-refractivity contribution in [3.05, 3.63) is 58.7 Å². The maximum absolute atomic E-state index is 14.0. The molecule has 9 nitrogen and oxygen atoms in total. The van der Waals surface area contributed by atoms with E-state index in [4.69, 9.17) is 9.47 Å². The number of sulfonamides is 1. The summed E-state index contributed by atoms with van der Waals surface area (Å²) in [6.07, 6.45) is 8.83. The number of hydrogen-bond acceptors (Lipinski definition) is 6. The third kappa shape index (κ3) is 5.25. The number of carbonyl (C=O) groups is 2. The molecule has 2 amide bonds. The van der Waals surface area contributed by atoms with Crippen LogP contribution in [0.25, 0.3) is 28.2 Å². The molecular formula is C33H37N3O6S. The second-order valence-corrected chi connectivity index (χ2v) is 14.1. The van der Waals surface area contributed by atoms with E-state index < -0.39 is 21.2 Å². The fourth-order valence-electron chi connectivity index (χ4n) is 6.93. The van der Waals surface area contributed by atoms with Crippen molar-refractivity contribution in [3.8, 4) is 17.0 Å². The van der Waals surface area contributed by atoms with E-state index >= 15 is 0 Å². The van der Waals surface area contributed by atoms with Gasteiger partial charge in [-0.15, -0.1) is 0 Å². The molecule has 3 aromatic rings. The predicted octanol–water partition coefficient (Wildman–Crippen LogP) is 4.84. The lowest BCUT2D eigenvalue weighted by atomic mass is 9.81. The highest BCUT2D eigenvalue weighted by Crippen LogP contribution is 2.47. The van der Waals surface area contributed by atoms with Gasteiger partial charge in [0.2, 0.25) is 10.0 Å². The Morgan fingerprint density at radius 2 is 1.74 bits per heavy atom. The Hall–Kier alpha value is -3.63. The summed E-state index contributed by atoms with van der Waals surface area (Å²) in [4.78, 5) is 29.0. The van der Waals surface area contributed by atoms with Crippen LogP contribution in [-0.2, 0) is 26.1 Å². The van der Waals surface area contributed by atoms with E-state index in [9.17, 15) is 18.0 Å². The molecular weight excluding hydrogens is 566 g/mol. The molecule has 43 heavy (non-hydrogen) atoms. The van der Waals surface area contributed by atoms with Crippen molar-refractivity contribution in [3.63, 3.8) is 0 Å². The number of rotatable bonds is 6. The molecule has 7 rings (SSSR count). The van der Waals surface area contributed by atoms with E-state index in [0.29, 0.717) is 62.9 Å². The van der Waals surface area contributed by atoms with Gasteiger partial charge in [0.05, 0.1) is 37.8 Å². The van der Waals surface area contributed by atoms with Crippen LogP contribution in [0.15, 0.2) is 42.0 Å². The van der Waals surface area contributed by atoms with Crippen LogP contribution >= 0.6 is 0 Å². The molecule has 0 unspecified atom stereocenters. The zero-order chi connectivity index (χ0) is 29.7. The Morgan fingerprint density at radius 1 is 0.977 bits per heavy atom. The van der Waals surface area contributed by atoms with E-state index in [2.05, 4.69) is 15.4 Å². The van der Waals surface area contributed by atoms with Gasteiger partial charge >= 0.3 is 0 Å². The van der Waals surface area contributed by atoms with E-state index in [1.807, 2.05) is 29.2 Å². The molecule has 2 aromatic carbocycles. The Labute approximate surface area is 251 Å². The van der Waals surface area contributed by atoms with Crippen LogP contribution in [-0.4, -0.2) is 68.4 Å². The van der Waals surface area contributed by atoms with Crippen molar-refractivity contribution in [2.45, 2.75) is 62.7 Å². The van der Waals surface area contributed by atoms with E-state index in [-0.39, 0.29) is 11.5 Å². The first kappa shape index (κ1) is 28.2. The molecule has 10 heteroatoms. The third-order valence-corrected chi connectivity index (χ3v) is 11.1. The number of ether oxygens (including phenoxy) is 2. The first-order valence-electron chi connectivity index (χ1n) is 15.3.